The topological polar surface area (TPSA) is 165 Å². The van der Waals surface area contributed by atoms with Gasteiger partial charge in [-0.2, -0.15) is 0 Å². The zero-order valence-corrected chi connectivity index (χ0v) is 23.0. The lowest BCUT2D eigenvalue weighted by molar-refractivity contribution is -0.197. The van der Waals surface area contributed by atoms with Crippen molar-refractivity contribution >= 4 is 35.3 Å². The molecule has 5 aliphatic rings. The van der Waals surface area contributed by atoms with Gasteiger partial charge < -0.3 is 19.8 Å². The zero-order chi connectivity index (χ0) is 29.0. The van der Waals surface area contributed by atoms with Gasteiger partial charge in [0.15, 0.2) is 12.4 Å². The smallest absolute Gasteiger partial charge is 0.333 e. The van der Waals surface area contributed by atoms with Crippen molar-refractivity contribution in [3.63, 3.8) is 0 Å². The lowest BCUT2D eigenvalue weighted by atomic mass is 9.45. The van der Waals surface area contributed by atoms with Crippen LogP contribution in [0.1, 0.15) is 84.5 Å². The van der Waals surface area contributed by atoms with Gasteiger partial charge in [-0.1, -0.05) is 19.4 Å². The number of nitrogens with zero attached hydrogens (tertiary/aromatic N) is 1. The Bertz CT molecular complexity index is 1180. The summed E-state index contributed by atoms with van der Waals surface area (Å²) in [5.74, 6) is -3.55. The molecular weight excluding hydrogens is 522 g/mol. The minimum absolute atomic E-state index is 0.00710. The van der Waals surface area contributed by atoms with Crippen molar-refractivity contribution in [2.45, 2.75) is 96.2 Å². The summed E-state index contributed by atoms with van der Waals surface area (Å²) < 4.78 is 5.09. The minimum Gasteiger partial charge on any atom is -0.458 e. The Balaban J connectivity index is 1.20. The highest BCUT2D eigenvalue weighted by molar-refractivity contribution is 6.01. The first-order chi connectivity index (χ1) is 18.8. The SMILES string of the molecule is C[C@]12CCC(=O)C=C1CC[C@@H]1[C@@H]2[C@@H](O)C[C@@]2(C)[C@H]1CC[C@]2(O)C(=O)COC(=O)CCC(=O)ON1C(=O)CCC1=O. The Morgan fingerprint density at radius 1 is 0.975 bits per heavy atom. The highest BCUT2D eigenvalue weighted by atomic mass is 16.7. The van der Waals surface area contributed by atoms with Crippen LogP contribution in [-0.2, 0) is 38.3 Å². The number of aliphatic hydroxyl groups excluding tert-OH is 1. The van der Waals surface area contributed by atoms with Gasteiger partial charge in [0, 0.05) is 24.7 Å². The molecule has 0 aromatic rings. The van der Waals surface area contributed by atoms with Crippen molar-refractivity contribution in [1.29, 1.82) is 0 Å². The molecule has 0 bridgehead atoms. The van der Waals surface area contributed by atoms with Crippen LogP contribution in [0.25, 0.3) is 0 Å². The van der Waals surface area contributed by atoms with E-state index in [-0.39, 0.29) is 54.6 Å². The van der Waals surface area contributed by atoms with E-state index in [4.69, 9.17) is 9.57 Å². The van der Waals surface area contributed by atoms with Gasteiger partial charge in [-0.05, 0) is 67.8 Å². The molecule has 0 radical (unpaired) electrons. The van der Waals surface area contributed by atoms with E-state index >= 15 is 0 Å². The van der Waals surface area contributed by atoms with Crippen LogP contribution in [0.15, 0.2) is 11.6 Å². The fraction of sp³-hybridized carbons (Fsp3) is 0.724. The molecule has 218 valence electrons. The Hall–Kier alpha value is -2.92. The van der Waals surface area contributed by atoms with Gasteiger partial charge in [0.05, 0.1) is 18.9 Å². The number of esters is 1. The van der Waals surface area contributed by atoms with Crippen LogP contribution in [-0.4, -0.2) is 68.9 Å². The zero-order valence-electron chi connectivity index (χ0n) is 23.0. The van der Waals surface area contributed by atoms with E-state index in [0.717, 1.165) is 18.4 Å². The molecule has 11 nitrogen and oxygen atoms in total. The molecule has 0 aromatic carbocycles. The van der Waals surface area contributed by atoms with Crippen molar-refractivity contribution in [2.24, 2.45) is 28.6 Å². The van der Waals surface area contributed by atoms with E-state index in [1.165, 1.54) is 0 Å². The molecule has 40 heavy (non-hydrogen) atoms. The summed E-state index contributed by atoms with van der Waals surface area (Å²) >= 11 is 0. The first-order valence-electron chi connectivity index (χ1n) is 14.2. The van der Waals surface area contributed by atoms with Crippen LogP contribution in [0.5, 0.6) is 0 Å². The standard InChI is InChI=1S/C29H37NO10/c1-27-11-9-17(31)13-16(27)3-4-18-19-10-12-29(38,28(19,2)14-20(32)26(18)27)21(33)15-39-24(36)7-8-25(37)40-30-22(34)5-6-23(30)35/h13,18-20,26,32,38H,3-12,14-15H2,1-2H3/t18-,19-,20-,26+,27-,28-,29-/m0/s1. The third-order valence-electron chi connectivity index (χ3n) is 10.6. The van der Waals surface area contributed by atoms with E-state index in [0.29, 0.717) is 24.3 Å². The first-order valence-corrected chi connectivity index (χ1v) is 14.2. The molecule has 1 heterocycles. The molecule has 0 unspecified atom stereocenters. The quantitative estimate of drug-likeness (QED) is 0.347. The number of hydroxylamine groups is 2. The predicted octanol–water partition coefficient (Wildman–Crippen LogP) is 1.72. The summed E-state index contributed by atoms with van der Waals surface area (Å²) in [6.07, 6.45) is 3.74. The fourth-order valence-electron chi connectivity index (χ4n) is 8.50. The number of amides is 2. The lowest BCUT2D eigenvalue weighted by Crippen LogP contribution is -2.62. The molecule has 5 rings (SSSR count). The lowest BCUT2D eigenvalue weighted by Gasteiger charge is -2.60. The number of ether oxygens (including phenoxy) is 1. The van der Waals surface area contributed by atoms with E-state index in [1.54, 1.807) is 6.08 Å². The predicted molar refractivity (Wildman–Crippen MR) is 135 cm³/mol. The third kappa shape index (κ3) is 4.51. The highest BCUT2D eigenvalue weighted by Gasteiger charge is 2.68. The summed E-state index contributed by atoms with van der Waals surface area (Å²) in [6, 6.07) is 0. The number of hydrogen-bond acceptors (Lipinski definition) is 10. The molecule has 3 saturated carbocycles. The summed E-state index contributed by atoms with van der Waals surface area (Å²) in [5.41, 5.74) is -1.86. The number of carbonyl (C=O) groups is 6. The summed E-state index contributed by atoms with van der Waals surface area (Å²) in [6.45, 7) is 3.31. The largest absolute Gasteiger partial charge is 0.458 e. The second-order valence-corrected chi connectivity index (χ2v) is 12.6. The molecule has 7 atom stereocenters. The third-order valence-corrected chi connectivity index (χ3v) is 10.6. The molecule has 1 saturated heterocycles. The molecule has 0 spiro atoms. The summed E-state index contributed by atoms with van der Waals surface area (Å²) in [5, 5.41) is 23.6. The van der Waals surface area contributed by atoms with Crippen molar-refractivity contribution < 1.29 is 48.6 Å². The number of Topliss-reactive ketones (excluding diaryl/α,β-unsaturated/α-hetero) is 1. The number of imide groups is 1. The average Bonchev–Trinajstić information content (AvgIpc) is 3.36. The number of ketones is 2. The van der Waals surface area contributed by atoms with Crippen molar-refractivity contribution in [1.82, 2.24) is 5.06 Å². The number of fused-ring (bicyclic) bond motifs is 5. The van der Waals surface area contributed by atoms with E-state index in [1.807, 2.05) is 6.92 Å². The van der Waals surface area contributed by atoms with Gasteiger partial charge in [-0.25, -0.2) is 4.79 Å². The molecule has 2 amide bonds. The molecule has 1 aliphatic heterocycles. The van der Waals surface area contributed by atoms with E-state index in [2.05, 4.69) is 6.92 Å². The molecule has 11 heteroatoms. The minimum atomic E-state index is -1.78. The van der Waals surface area contributed by atoms with Gasteiger partial charge in [-0.3, -0.25) is 24.0 Å². The maximum atomic E-state index is 13.3. The molecule has 4 fully saturated rings. The summed E-state index contributed by atoms with van der Waals surface area (Å²) in [7, 11) is 0. The number of rotatable bonds is 7. The summed E-state index contributed by atoms with van der Waals surface area (Å²) in [4.78, 5) is 77.4. The van der Waals surface area contributed by atoms with Crippen LogP contribution < -0.4 is 0 Å². The fourth-order valence-corrected chi connectivity index (χ4v) is 8.50. The second-order valence-electron chi connectivity index (χ2n) is 12.6. The van der Waals surface area contributed by atoms with E-state index < -0.39 is 66.1 Å². The van der Waals surface area contributed by atoms with Gasteiger partial charge in [0.2, 0.25) is 5.78 Å². The Kier molecular flexibility index (Phi) is 7.27. The van der Waals surface area contributed by atoms with Gasteiger partial charge in [-0.15, -0.1) is 5.06 Å². The molecule has 4 aliphatic carbocycles. The van der Waals surface area contributed by atoms with Crippen LogP contribution in [0, 0.1) is 28.6 Å². The maximum absolute atomic E-state index is 13.3. The van der Waals surface area contributed by atoms with Crippen LogP contribution in [0.3, 0.4) is 0 Å². The Morgan fingerprint density at radius 3 is 2.35 bits per heavy atom. The van der Waals surface area contributed by atoms with Crippen molar-refractivity contribution in [2.75, 3.05) is 6.61 Å². The monoisotopic (exact) mass is 559 g/mol. The normalized spacial score (nSPS) is 38.8. The number of allylic oxidation sites excluding steroid dienone is 1. The van der Waals surface area contributed by atoms with Crippen molar-refractivity contribution in [3.8, 4) is 0 Å². The van der Waals surface area contributed by atoms with Gasteiger partial charge in [0.25, 0.3) is 11.8 Å². The number of hydrogen-bond donors (Lipinski definition) is 2. The molecular formula is C29H37NO10. The van der Waals surface area contributed by atoms with E-state index in [9.17, 15) is 39.0 Å². The highest BCUT2D eigenvalue weighted by Crippen LogP contribution is 2.67. The maximum Gasteiger partial charge on any atom is 0.333 e. The second kappa shape index (κ2) is 10.2. The van der Waals surface area contributed by atoms with Crippen molar-refractivity contribution in [3.05, 3.63) is 11.6 Å². The van der Waals surface area contributed by atoms with Crippen LogP contribution in [0.2, 0.25) is 0 Å². The van der Waals surface area contributed by atoms with Gasteiger partial charge in [0.1, 0.15) is 5.60 Å². The van der Waals surface area contributed by atoms with Gasteiger partial charge >= 0.3 is 11.9 Å². The van der Waals surface area contributed by atoms with Crippen LogP contribution >= 0.6 is 0 Å². The van der Waals surface area contributed by atoms with Crippen LogP contribution in [0.4, 0.5) is 0 Å². The Labute approximate surface area is 232 Å². The Morgan fingerprint density at radius 2 is 1.65 bits per heavy atom. The molecule has 2 N–H and O–H groups in total. The average molecular weight is 560 g/mol. The molecule has 0 aromatic heterocycles. The number of aliphatic hydroxyl groups is 2. The number of carbonyl (C=O) groups excluding carboxylic acids is 6. The first kappa shape index (κ1) is 28.6.